The van der Waals surface area contributed by atoms with Gasteiger partial charge in [-0.15, -0.1) is 0 Å². The van der Waals surface area contributed by atoms with Crippen molar-refractivity contribution in [3.05, 3.63) is 34.6 Å². The van der Waals surface area contributed by atoms with E-state index in [2.05, 4.69) is 10.6 Å². The fourth-order valence-corrected chi connectivity index (χ4v) is 2.29. The van der Waals surface area contributed by atoms with Crippen molar-refractivity contribution in [1.29, 1.82) is 0 Å². The molecule has 1 atom stereocenters. The smallest absolute Gasteiger partial charge is 0.254 e. The summed E-state index contributed by atoms with van der Waals surface area (Å²) >= 11 is 5.63. The highest BCUT2D eigenvalue weighted by atomic mass is 35.5. The van der Waals surface area contributed by atoms with Crippen LogP contribution >= 0.6 is 11.6 Å². The highest BCUT2D eigenvalue weighted by Crippen LogP contribution is 2.14. The first kappa shape index (κ1) is 13.3. The molecule has 1 aliphatic heterocycles. The Morgan fingerprint density at radius 3 is 3.06 bits per heavy atom. The Balaban J connectivity index is 1.83. The third-order valence-corrected chi connectivity index (χ3v) is 3.35. The van der Waals surface area contributed by atoms with Gasteiger partial charge in [0.1, 0.15) is 5.82 Å². The maximum absolute atomic E-state index is 13.5. The topological polar surface area (TPSA) is 41.1 Å². The van der Waals surface area contributed by atoms with Crippen LogP contribution in [0.15, 0.2) is 18.2 Å². The summed E-state index contributed by atoms with van der Waals surface area (Å²) in [5.74, 6) is -0.971. The molecule has 2 rings (SSSR count). The van der Waals surface area contributed by atoms with Crippen LogP contribution in [0.3, 0.4) is 0 Å². The third kappa shape index (κ3) is 3.43. The molecule has 0 spiro atoms. The molecule has 0 aromatic heterocycles. The second kappa shape index (κ2) is 6.16. The van der Waals surface area contributed by atoms with Gasteiger partial charge < -0.3 is 10.6 Å². The molecular weight excluding hydrogens is 255 g/mol. The second-order valence-corrected chi connectivity index (χ2v) is 4.90. The zero-order chi connectivity index (χ0) is 13.0. The number of hydrogen-bond acceptors (Lipinski definition) is 2. The van der Waals surface area contributed by atoms with Gasteiger partial charge in [0.15, 0.2) is 0 Å². The van der Waals surface area contributed by atoms with Crippen molar-refractivity contribution in [2.24, 2.45) is 0 Å². The molecule has 1 saturated heterocycles. The molecule has 2 N–H and O–H groups in total. The lowest BCUT2D eigenvalue weighted by molar-refractivity contribution is 0.0948. The molecule has 1 aromatic rings. The monoisotopic (exact) mass is 270 g/mol. The number of rotatable bonds is 4. The highest BCUT2D eigenvalue weighted by Gasteiger charge is 2.15. The van der Waals surface area contributed by atoms with E-state index >= 15 is 0 Å². The zero-order valence-electron chi connectivity index (χ0n) is 10.0. The van der Waals surface area contributed by atoms with Gasteiger partial charge in [-0.1, -0.05) is 11.6 Å². The number of hydrogen-bond donors (Lipinski definition) is 2. The Bertz CT molecular complexity index is 433. The van der Waals surface area contributed by atoms with Crippen molar-refractivity contribution in [3.63, 3.8) is 0 Å². The van der Waals surface area contributed by atoms with Crippen LogP contribution in [0.5, 0.6) is 0 Å². The summed E-state index contributed by atoms with van der Waals surface area (Å²) in [5.41, 5.74) is 0.0405. The first-order valence-corrected chi connectivity index (χ1v) is 6.51. The largest absolute Gasteiger partial charge is 0.352 e. The molecule has 18 heavy (non-hydrogen) atoms. The Kier molecular flexibility index (Phi) is 4.55. The van der Waals surface area contributed by atoms with Gasteiger partial charge in [0.25, 0.3) is 5.91 Å². The average molecular weight is 271 g/mol. The van der Waals surface area contributed by atoms with Crippen LogP contribution in [0.2, 0.25) is 5.02 Å². The fraction of sp³-hybridized carbons (Fsp3) is 0.462. The molecule has 1 aromatic carbocycles. The quantitative estimate of drug-likeness (QED) is 0.882. The fourth-order valence-electron chi connectivity index (χ4n) is 2.13. The molecular formula is C13H16ClFN2O. The first-order chi connectivity index (χ1) is 8.66. The first-order valence-electron chi connectivity index (χ1n) is 6.13. The van der Waals surface area contributed by atoms with Gasteiger partial charge in [-0.25, -0.2) is 4.39 Å². The average Bonchev–Trinajstić information content (AvgIpc) is 2.81. The van der Waals surface area contributed by atoms with E-state index < -0.39 is 5.82 Å². The highest BCUT2D eigenvalue weighted by molar-refractivity contribution is 6.30. The van der Waals surface area contributed by atoms with Gasteiger partial charge in [-0.2, -0.15) is 0 Å². The van der Waals surface area contributed by atoms with Crippen LogP contribution in [-0.4, -0.2) is 25.0 Å². The molecule has 0 saturated carbocycles. The predicted molar refractivity (Wildman–Crippen MR) is 69.4 cm³/mol. The van der Waals surface area contributed by atoms with Gasteiger partial charge in [-0.05, 0) is 44.0 Å². The third-order valence-electron chi connectivity index (χ3n) is 3.12. The van der Waals surface area contributed by atoms with Crippen molar-refractivity contribution in [2.45, 2.75) is 25.3 Å². The van der Waals surface area contributed by atoms with Crippen LogP contribution in [-0.2, 0) is 0 Å². The summed E-state index contributed by atoms with van der Waals surface area (Å²) in [4.78, 5) is 11.7. The normalized spacial score (nSPS) is 18.9. The van der Waals surface area contributed by atoms with Crippen molar-refractivity contribution in [1.82, 2.24) is 10.6 Å². The number of halogens is 2. The number of nitrogens with one attached hydrogen (secondary N) is 2. The molecule has 0 unspecified atom stereocenters. The standard InChI is InChI=1S/C13H16ClFN2O/c14-9-3-4-11(12(15)8-9)13(18)17-7-5-10-2-1-6-16-10/h3-4,8,10,16H,1-2,5-7H2,(H,17,18)/t10-/m1/s1. The van der Waals surface area contributed by atoms with Gasteiger partial charge in [0.05, 0.1) is 5.56 Å². The van der Waals surface area contributed by atoms with E-state index in [1.807, 2.05) is 0 Å². The molecule has 98 valence electrons. The summed E-state index contributed by atoms with van der Waals surface area (Å²) in [6, 6.07) is 4.54. The Morgan fingerprint density at radius 2 is 2.39 bits per heavy atom. The molecule has 0 aliphatic carbocycles. The van der Waals surface area contributed by atoms with Crippen molar-refractivity contribution in [2.75, 3.05) is 13.1 Å². The maximum atomic E-state index is 13.5. The minimum Gasteiger partial charge on any atom is -0.352 e. The Hall–Kier alpha value is -1.13. The van der Waals surface area contributed by atoms with Crippen molar-refractivity contribution >= 4 is 17.5 Å². The minimum absolute atomic E-state index is 0.0405. The molecule has 0 radical (unpaired) electrons. The maximum Gasteiger partial charge on any atom is 0.254 e. The van der Waals surface area contributed by atoms with Crippen molar-refractivity contribution < 1.29 is 9.18 Å². The Labute approximate surface area is 111 Å². The predicted octanol–water partition coefficient (Wildman–Crippen LogP) is 2.35. The lowest BCUT2D eigenvalue weighted by Crippen LogP contribution is -2.31. The lowest BCUT2D eigenvalue weighted by atomic mass is 10.1. The minimum atomic E-state index is -0.584. The SMILES string of the molecule is O=C(NCC[C@H]1CCCN1)c1ccc(Cl)cc1F. The molecule has 1 aliphatic rings. The van der Waals surface area contributed by atoms with Crippen molar-refractivity contribution in [3.8, 4) is 0 Å². The molecule has 1 heterocycles. The van der Waals surface area contributed by atoms with Gasteiger partial charge in [0, 0.05) is 17.6 Å². The summed E-state index contributed by atoms with van der Waals surface area (Å²) < 4.78 is 13.5. The number of carbonyl (C=O) groups excluding carboxylic acids is 1. The van der Waals surface area contributed by atoms with E-state index in [0.29, 0.717) is 17.6 Å². The summed E-state index contributed by atoms with van der Waals surface area (Å²) in [5, 5.41) is 6.36. The molecule has 0 bridgehead atoms. The van der Waals surface area contributed by atoms with E-state index in [4.69, 9.17) is 11.6 Å². The van der Waals surface area contributed by atoms with Crippen LogP contribution in [0.1, 0.15) is 29.6 Å². The van der Waals surface area contributed by atoms with Crippen LogP contribution < -0.4 is 10.6 Å². The second-order valence-electron chi connectivity index (χ2n) is 4.46. The number of carbonyl (C=O) groups is 1. The van der Waals surface area contributed by atoms with Crippen LogP contribution in [0, 0.1) is 5.82 Å². The van der Waals surface area contributed by atoms with E-state index in [1.165, 1.54) is 18.6 Å². The van der Waals surface area contributed by atoms with E-state index in [0.717, 1.165) is 25.5 Å². The zero-order valence-corrected chi connectivity index (χ0v) is 10.8. The van der Waals surface area contributed by atoms with Gasteiger partial charge >= 0.3 is 0 Å². The summed E-state index contributed by atoms with van der Waals surface area (Å²) in [7, 11) is 0. The number of amides is 1. The van der Waals surface area contributed by atoms with Crippen LogP contribution in [0.4, 0.5) is 4.39 Å². The van der Waals surface area contributed by atoms with Gasteiger partial charge in [-0.3, -0.25) is 4.79 Å². The Morgan fingerprint density at radius 1 is 1.56 bits per heavy atom. The van der Waals surface area contributed by atoms with E-state index in [1.54, 1.807) is 0 Å². The molecule has 5 heteroatoms. The molecule has 1 fully saturated rings. The van der Waals surface area contributed by atoms with E-state index in [9.17, 15) is 9.18 Å². The summed E-state index contributed by atoms with van der Waals surface area (Å²) in [6.45, 7) is 1.60. The van der Waals surface area contributed by atoms with Crippen LogP contribution in [0.25, 0.3) is 0 Å². The van der Waals surface area contributed by atoms with E-state index in [-0.39, 0.29) is 11.5 Å². The lowest BCUT2D eigenvalue weighted by Gasteiger charge is -2.11. The number of benzene rings is 1. The molecule has 1 amide bonds. The van der Waals surface area contributed by atoms with Gasteiger partial charge in [0.2, 0.25) is 0 Å². The summed E-state index contributed by atoms with van der Waals surface area (Å²) in [6.07, 6.45) is 3.20. The molecule has 3 nitrogen and oxygen atoms in total.